The maximum absolute atomic E-state index is 13.2. The standard InChI is InChI=1S/C29H25NO5S/c1-20-13-17-25(18-14-20)30-36(33,34)26-19-24(16-15-21(26)2)29(32)35-28(23-11-7-4-8-12-23)27(31)22-9-5-3-6-10-22/h3-19,28,30H,1-2H3. The lowest BCUT2D eigenvalue weighted by atomic mass is 9.99. The number of aryl methyl sites for hydroxylation is 2. The monoisotopic (exact) mass is 499 g/mol. The van der Waals surface area contributed by atoms with E-state index in [9.17, 15) is 18.0 Å². The highest BCUT2D eigenvalue weighted by Crippen LogP contribution is 2.26. The Morgan fingerprint density at radius 3 is 2.00 bits per heavy atom. The van der Waals surface area contributed by atoms with Crippen LogP contribution in [-0.4, -0.2) is 20.2 Å². The summed E-state index contributed by atoms with van der Waals surface area (Å²) in [5.41, 5.74) is 2.80. The second-order valence-electron chi connectivity index (χ2n) is 8.38. The van der Waals surface area contributed by atoms with Gasteiger partial charge in [0.25, 0.3) is 10.0 Å². The number of rotatable bonds is 8. The van der Waals surface area contributed by atoms with Gasteiger partial charge in [0.15, 0.2) is 6.10 Å². The summed E-state index contributed by atoms with van der Waals surface area (Å²) in [5, 5.41) is 0. The number of carbonyl (C=O) groups is 2. The minimum absolute atomic E-state index is 0.0201. The van der Waals surface area contributed by atoms with Gasteiger partial charge in [0.1, 0.15) is 0 Å². The van der Waals surface area contributed by atoms with Gasteiger partial charge in [0.05, 0.1) is 10.5 Å². The van der Waals surface area contributed by atoms with E-state index in [0.29, 0.717) is 22.4 Å². The van der Waals surface area contributed by atoms with Gasteiger partial charge in [-0.15, -0.1) is 0 Å². The van der Waals surface area contributed by atoms with Crippen LogP contribution in [0.15, 0.2) is 108 Å². The molecule has 0 saturated carbocycles. The number of ketones is 1. The van der Waals surface area contributed by atoms with E-state index in [0.717, 1.165) is 5.56 Å². The fourth-order valence-electron chi connectivity index (χ4n) is 3.68. The molecule has 0 bridgehead atoms. The molecule has 1 unspecified atom stereocenters. The van der Waals surface area contributed by atoms with Crippen LogP contribution in [0.3, 0.4) is 0 Å². The molecule has 0 heterocycles. The molecule has 1 atom stereocenters. The van der Waals surface area contributed by atoms with Crippen molar-refractivity contribution in [3.05, 3.63) is 131 Å². The Morgan fingerprint density at radius 1 is 0.750 bits per heavy atom. The average molecular weight is 500 g/mol. The molecule has 0 saturated heterocycles. The molecule has 0 aromatic heterocycles. The number of sulfonamides is 1. The smallest absolute Gasteiger partial charge is 0.339 e. The molecule has 0 aliphatic rings. The number of benzene rings is 4. The van der Waals surface area contributed by atoms with E-state index >= 15 is 0 Å². The second kappa shape index (κ2) is 10.6. The first kappa shape index (κ1) is 24.9. The molecule has 0 radical (unpaired) electrons. The van der Waals surface area contributed by atoms with Gasteiger partial charge in [-0.2, -0.15) is 0 Å². The molecule has 1 N–H and O–H groups in total. The summed E-state index contributed by atoms with van der Waals surface area (Å²) < 4.78 is 34.4. The van der Waals surface area contributed by atoms with Crippen molar-refractivity contribution in [2.45, 2.75) is 24.8 Å². The molecule has 0 spiro atoms. The van der Waals surface area contributed by atoms with Crippen LogP contribution in [0.4, 0.5) is 5.69 Å². The van der Waals surface area contributed by atoms with Crippen molar-refractivity contribution in [1.82, 2.24) is 0 Å². The quantitative estimate of drug-likeness (QED) is 0.241. The molecule has 182 valence electrons. The van der Waals surface area contributed by atoms with E-state index in [1.165, 1.54) is 18.2 Å². The molecule has 4 aromatic rings. The van der Waals surface area contributed by atoms with Gasteiger partial charge in [-0.1, -0.05) is 84.4 Å². The van der Waals surface area contributed by atoms with Gasteiger partial charge in [-0.3, -0.25) is 9.52 Å². The number of hydrogen-bond acceptors (Lipinski definition) is 5. The van der Waals surface area contributed by atoms with Gasteiger partial charge in [0.2, 0.25) is 5.78 Å². The van der Waals surface area contributed by atoms with Crippen molar-refractivity contribution in [2.75, 3.05) is 4.72 Å². The Morgan fingerprint density at radius 2 is 1.36 bits per heavy atom. The Balaban J connectivity index is 1.63. The third kappa shape index (κ3) is 5.70. The summed E-state index contributed by atoms with van der Waals surface area (Å²) in [5.74, 6) is -1.18. The lowest BCUT2D eigenvalue weighted by molar-refractivity contribution is 0.0280. The molecule has 6 nitrogen and oxygen atoms in total. The van der Waals surface area contributed by atoms with Crippen molar-refractivity contribution >= 4 is 27.5 Å². The molecule has 0 amide bonds. The molecular weight excluding hydrogens is 474 g/mol. The van der Waals surface area contributed by atoms with Crippen molar-refractivity contribution in [1.29, 1.82) is 0 Å². The van der Waals surface area contributed by atoms with Crippen LogP contribution >= 0.6 is 0 Å². The highest BCUT2D eigenvalue weighted by atomic mass is 32.2. The number of ether oxygens (including phenoxy) is 1. The van der Waals surface area contributed by atoms with E-state index in [1.807, 2.05) is 6.92 Å². The Bertz CT molecular complexity index is 1480. The zero-order valence-electron chi connectivity index (χ0n) is 19.8. The van der Waals surface area contributed by atoms with Gasteiger partial charge >= 0.3 is 5.97 Å². The zero-order valence-corrected chi connectivity index (χ0v) is 20.7. The normalized spacial score (nSPS) is 11.9. The number of esters is 1. The van der Waals surface area contributed by atoms with Gasteiger partial charge < -0.3 is 4.74 Å². The Hall–Kier alpha value is -4.23. The molecule has 7 heteroatoms. The molecule has 36 heavy (non-hydrogen) atoms. The van der Waals surface area contributed by atoms with Crippen molar-refractivity contribution in [3.8, 4) is 0 Å². The predicted octanol–water partition coefficient (Wildman–Crippen LogP) is 5.89. The topological polar surface area (TPSA) is 89.5 Å². The highest BCUT2D eigenvalue weighted by molar-refractivity contribution is 7.92. The first-order valence-corrected chi connectivity index (χ1v) is 12.8. The third-order valence-corrected chi connectivity index (χ3v) is 7.16. The predicted molar refractivity (Wildman–Crippen MR) is 139 cm³/mol. The lowest BCUT2D eigenvalue weighted by Gasteiger charge is -2.18. The van der Waals surface area contributed by atoms with Crippen LogP contribution in [0.2, 0.25) is 0 Å². The molecule has 4 aromatic carbocycles. The summed E-state index contributed by atoms with van der Waals surface area (Å²) in [6, 6.07) is 28.5. The minimum atomic E-state index is -3.98. The Labute approximate surface area is 210 Å². The second-order valence-corrected chi connectivity index (χ2v) is 10.0. The van der Waals surface area contributed by atoms with Crippen LogP contribution in [0.1, 0.15) is 43.5 Å². The van der Waals surface area contributed by atoms with E-state index in [1.54, 1.807) is 91.9 Å². The van der Waals surface area contributed by atoms with Crippen LogP contribution in [0, 0.1) is 13.8 Å². The molecule has 0 aliphatic heterocycles. The lowest BCUT2D eigenvalue weighted by Crippen LogP contribution is -2.21. The number of hydrogen-bond donors (Lipinski definition) is 1. The molecule has 0 aliphatic carbocycles. The van der Waals surface area contributed by atoms with Crippen molar-refractivity contribution < 1.29 is 22.7 Å². The minimum Gasteiger partial charge on any atom is -0.445 e. The summed E-state index contributed by atoms with van der Waals surface area (Å²) in [7, 11) is -3.98. The first-order valence-electron chi connectivity index (χ1n) is 11.3. The summed E-state index contributed by atoms with van der Waals surface area (Å²) in [6.45, 7) is 3.55. The van der Waals surface area contributed by atoms with Gasteiger partial charge in [-0.25, -0.2) is 13.2 Å². The van der Waals surface area contributed by atoms with E-state index in [-0.39, 0.29) is 16.2 Å². The third-order valence-electron chi connectivity index (χ3n) is 5.64. The van der Waals surface area contributed by atoms with Crippen LogP contribution in [-0.2, 0) is 14.8 Å². The van der Waals surface area contributed by atoms with Crippen molar-refractivity contribution in [3.63, 3.8) is 0 Å². The maximum Gasteiger partial charge on any atom is 0.339 e. The highest BCUT2D eigenvalue weighted by Gasteiger charge is 2.28. The van der Waals surface area contributed by atoms with E-state index in [2.05, 4.69) is 4.72 Å². The maximum atomic E-state index is 13.2. The van der Waals surface area contributed by atoms with Crippen LogP contribution in [0.5, 0.6) is 0 Å². The fourth-order valence-corrected chi connectivity index (χ4v) is 5.01. The Kier molecular flexibility index (Phi) is 7.31. The zero-order chi connectivity index (χ0) is 25.7. The van der Waals surface area contributed by atoms with Gasteiger partial charge in [0, 0.05) is 16.8 Å². The molecule has 0 fully saturated rings. The first-order chi connectivity index (χ1) is 17.2. The van der Waals surface area contributed by atoms with E-state index in [4.69, 9.17) is 4.74 Å². The molecule has 4 rings (SSSR count). The molecular formula is C29H25NO5S. The number of Topliss-reactive ketones (excluding diaryl/α,β-unsaturated/α-hetero) is 1. The van der Waals surface area contributed by atoms with E-state index < -0.39 is 22.1 Å². The summed E-state index contributed by atoms with van der Waals surface area (Å²) >= 11 is 0. The summed E-state index contributed by atoms with van der Waals surface area (Å²) in [6.07, 6.45) is -1.19. The number of anilines is 1. The SMILES string of the molecule is Cc1ccc(NS(=O)(=O)c2cc(C(=O)OC(C(=O)c3ccccc3)c3ccccc3)ccc2C)cc1. The number of nitrogens with one attached hydrogen (secondary N) is 1. The average Bonchev–Trinajstić information content (AvgIpc) is 2.89. The number of carbonyl (C=O) groups excluding carboxylic acids is 2. The van der Waals surface area contributed by atoms with Crippen LogP contribution in [0.25, 0.3) is 0 Å². The van der Waals surface area contributed by atoms with Crippen LogP contribution < -0.4 is 4.72 Å². The van der Waals surface area contributed by atoms with Gasteiger partial charge in [-0.05, 0) is 43.7 Å². The fraction of sp³-hybridized carbons (Fsp3) is 0.103. The van der Waals surface area contributed by atoms with Crippen molar-refractivity contribution in [2.24, 2.45) is 0 Å². The summed E-state index contributed by atoms with van der Waals surface area (Å²) in [4.78, 5) is 26.3. The largest absolute Gasteiger partial charge is 0.445 e.